The molecule has 1 aliphatic heterocycles. The number of aryl methyl sites for hydroxylation is 1. The number of carbonyl (C=O) groups excluding carboxylic acids is 1. The molecule has 0 spiro atoms. The first-order chi connectivity index (χ1) is 7.40. The third-order valence-electron chi connectivity index (χ3n) is 2.31. The van der Waals surface area contributed by atoms with Crippen LogP contribution < -0.4 is 14.8 Å². The summed E-state index contributed by atoms with van der Waals surface area (Å²) in [6.07, 6.45) is 2.58. The van der Waals surface area contributed by atoms with Crippen molar-refractivity contribution in [2.24, 2.45) is 0 Å². The van der Waals surface area contributed by atoms with Gasteiger partial charge >= 0.3 is 0 Å². The van der Waals surface area contributed by atoms with E-state index in [2.05, 4.69) is 5.32 Å². The van der Waals surface area contributed by atoms with Crippen LogP contribution in [0.3, 0.4) is 0 Å². The maximum absolute atomic E-state index is 10.0. The second kappa shape index (κ2) is 4.68. The van der Waals surface area contributed by atoms with Crippen molar-refractivity contribution >= 4 is 6.41 Å². The molecule has 0 saturated heterocycles. The van der Waals surface area contributed by atoms with Gasteiger partial charge in [0.15, 0.2) is 11.5 Å². The minimum atomic E-state index is 0.311. The first-order valence-electron chi connectivity index (χ1n) is 4.96. The van der Waals surface area contributed by atoms with Gasteiger partial charge in [-0.05, 0) is 30.5 Å². The van der Waals surface area contributed by atoms with E-state index in [9.17, 15) is 4.79 Å². The zero-order valence-electron chi connectivity index (χ0n) is 8.36. The summed E-state index contributed by atoms with van der Waals surface area (Å²) in [7, 11) is 0. The number of amides is 1. The molecular weight excluding hydrogens is 194 g/mol. The molecular formula is C11H13NO3. The molecule has 0 radical (unpaired) electrons. The van der Waals surface area contributed by atoms with Gasteiger partial charge in [0.2, 0.25) is 13.2 Å². The van der Waals surface area contributed by atoms with Gasteiger partial charge in [-0.25, -0.2) is 0 Å². The molecule has 0 saturated carbocycles. The van der Waals surface area contributed by atoms with Crippen LogP contribution >= 0.6 is 0 Å². The SMILES string of the molecule is O=CNCCCc1ccc2c(c1)OCO2. The summed E-state index contributed by atoms with van der Waals surface area (Å²) in [6.45, 7) is 1.02. The van der Waals surface area contributed by atoms with E-state index in [1.54, 1.807) is 0 Å². The molecule has 1 N–H and O–H groups in total. The van der Waals surface area contributed by atoms with Gasteiger partial charge in [-0.1, -0.05) is 6.07 Å². The van der Waals surface area contributed by atoms with E-state index >= 15 is 0 Å². The lowest BCUT2D eigenvalue weighted by molar-refractivity contribution is -0.109. The van der Waals surface area contributed by atoms with Crippen molar-refractivity contribution in [1.82, 2.24) is 5.32 Å². The highest BCUT2D eigenvalue weighted by molar-refractivity contribution is 5.46. The summed E-state index contributed by atoms with van der Waals surface area (Å²) in [4.78, 5) is 10.0. The molecule has 0 aromatic heterocycles. The highest BCUT2D eigenvalue weighted by atomic mass is 16.7. The molecule has 80 valence electrons. The lowest BCUT2D eigenvalue weighted by atomic mass is 10.1. The zero-order valence-corrected chi connectivity index (χ0v) is 8.36. The molecule has 4 heteroatoms. The molecule has 2 rings (SSSR count). The first-order valence-corrected chi connectivity index (χ1v) is 4.96. The van der Waals surface area contributed by atoms with Crippen molar-refractivity contribution in [2.75, 3.05) is 13.3 Å². The number of carbonyl (C=O) groups is 1. The van der Waals surface area contributed by atoms with Crippen molar-refractivity contribution in [2.45, 2.75) is 12.8 Å². The molecule has 1 aromatic carbocycles. The van der Waals surface area contributed by atoms with Gasteiger partial charge in [-0.15, -0.1) is 0 Å². The van der Waals surface area contributed by atoms with Crippen LogP contribution in [-0.4, -0.2) is 19.7 Å². The quantitative estimate of drug-likeness (QED) is 0.581. The fraction of sp³-hybridized carbons (Fsp3) is 0.364. The fourth-order valence-electron chi connectivity index (χ4n) is 1.55. The summed E-state index contributed by atoms with van der Waals surface area (Å²) in [5.74, 6) is 1.63. The predicted molar refractivity (Wildman–Crippen MR) is 55.0 cm³/mol. The Morgan fingerprint density at radius 1 is 1.33 bits per heavy atom. The summed E-state index contributed by atoms with van der Waals surface area (Å²) >= 11 is 0. The van der Waals surface area contributed by atoms with Crippen molar-refractivity contribution in [3.63, 3.8) is 0 Å². The molecule has 0 aliphatic carbocycles. The minimum absolute atomic E-state index is 0.311. The molecule has 1 aromatic rings. The van der Waals surface area contributed by atoms with Crippen LogP contribution in [0, 0.1) is 0 Å². The predicted octanol–water partition coefficient (Wildman–Crippen LogP) is 1.09. The molecule has 0 unspecified atom stereocenters. The molecule has 1 heterocycles. The third kappa shape index (κ3) is 2.40. The van der Waals surface area contributed by atoms with Gasteiger partial charge in [0.1, 0.15) is 0 Å². The van der Waals surface area contributed by atoms with Crippen LogP contribution in [-0.2, 0) is 11.2 Å². The topological polar surface area (TPSA) is 47.6 Å². The first kappa shape index (κ1) is 9.83. The van der Waals surface area contributed by atoms with E-state index in [0.717, 1.165) is 30.8 Å². The van der Waals surface area contributed by atoms with E-state index in [4.69, 9.17) is 9.47 Å². The molecule has 0 fully saturated rings. The minimum Gasteiger partial charge on any atom is -0.454 e. The number of nitrogens with one attached hydrogen (secondary N) is 1. The second-order valence-electron chi connectivity index (χ2n) is 3.36. The average molecular weight is 207 g/mol. The lowest BCUT2D eigenvalue weighted by Gasteiger charge is -2.02. The van der Waals surface area contributed by atoms with Crippen molar-refractivity contribution in [1.29, 1.82) is 0 Å². The monoisotopic (exact) mass is 207 g/mol. The number of hydrogen-bond acceptors (Lipinski definition) is 3. The molecule has 1 amide bonds. The third-order valence-corrected chi connectivity index (χ3v) is 2.31. The summed E-state index contributed by atoms with van der Waals surface area (Å²) < 4.78 is 10.5. The second-order valence-corrected chi connectivity index (χ2v) is 3.36. The summed E-state index contributed by atoms with van der Waals surface area (Å²) in [5.41, 5.74) is 1.20. The molecule has 0 bridgehead atoms. The summed E-state index contributed by atoms with van der Waals surface area (Å²) in [6, 6.07) is 5.93. The lowest BCUT2D eigenvalue weighted by Crippen LogP contribution is -2.12. The van der Waals surface area contributed by atoms with Crippen LogP contribution in [0.1, 0.15) is 12.0 Å². The van der Waals surface area contributed by atoms with Crippen LogP contribution in [0.15, 0.2) is 18.2 Å². The van der Waals surface area contributed by atoms with Gasteiger partial charge < -0.3 is 14.8 Å². The maximum atomic E-state index is 10.0. The van der Waals surface area contributed by atoms with Crippen LogP contribution in [0.2, 0.25) is 0 Å². The largest absolute Gasteiger partial charge is 0.454 e. The molecule has 4 nitrogen and oxygen atoms in total. The fourth-order valence-corrected chi connectivity index (χ4v) is 1.55. The smallest absolute Gasteiger partial charge is 0.231 e. The Balaban J connectivity index is 1.89. The van der Waals surface area contributed by atoms with Crippen molar-refractivity contribution in [3.05, 3.63) is 23.8 Å². The van der Waals surface area contributed by atoms with E-state index in [0.29, 0.717) is 13.3 Å². The van der Waals surface area contributed by atoms with Crippen molar-refractivity contribution < 1.29 is 14.3 Å². The maximum Gasteiger partial charge on any atom is 0.231 e. The number of hydrogen-bond donors (Lipinski definition) is 1. The van der Waals surface area contributed by atoms with E-state index in [-0.39, 0.29) is 0 Å². The van der Waals surface area contributed by atoms with E-state index in [1.165, 1.54) is 5.56 Å². The highest BCUT2D eigenvalue weighted by Crippen LogP contribution is 2.32. The normalized spacial score (nSPS) is 12.5. The molecule has 0 atom stereocenters. The Morgan fingerprint density at radius 2 is 2.20 bits per heavy atom. The zero-order chi connectivity index (χ0) is 10.5. The van der Waals surface area contributed by atoms with Gasteiger partial charge in [0.05, 0.1) is 0 Å². The number of fused-ring (bicyclic) bond motifs is 1. The Hall–Kier alpha value is -1.71. The highest BCUT2D eigenvalue weighted by Gasteiger charge is 2.12. The standard InChI is InChI=1S/C11H13NO3/c13-7-12-5-1-2-9-3-4-10-11(6-9)15-8-14-10/h3-4,6-7H,1-2,5,8H2,(H,12,13). The van der Waals surface area contributed by atoms with Crippen molar-refractivity contribution in [3.8, 4) is 11.5 Å². The van der Waals surface area contributed by atoms with Gasteiger partial charge in [-0.3, -0.25) is 4.79 Å². The van der Waals surface area contributed by atoms with Gasteiger partial charge in [0, 0.05) is 6.54 Å². The number of benzene rings is 1. The molecule has 1 aliphatic rings. The Bertz CT molecular complexity index is 352. The van der Waals surface area contributed by atoms with Crippen LogP contribution in [0.25, 0.3) is 0 Å². The van der Waals surface area contributed by atoms with Crippen LogP contribution in [0.4, 0.5) is 0 Å². The Kier molecular flexibility index (Phi) is 3.07. The Morgan fingerprint density at radius 3 is 3.07 bits per heavy atom. The molecule has 15 heavy (non-hydrogen) atoms. The number of rotatable bonds is 5. The summed E-state index contributed by atoms with van der Waals surface area (Å²) in [5, 5.41) is 2.63. The van der Waals surface area contributed by atoms with E-state index in [1.807, 2.05) is 18.2 Å². The van der Waals surface area contributed by atoms with Gasteiger partial charge in [-0.2, -0.15) is 0 Å². The average Bonchev–Trinajstić information content (AvgIpc) is 2.71. The van der Waals surface area contributed by atoms with E-state index < -0.39 is 0 Å². The van der Waals surface area contributed by atoms with Gasteiger partial charge in [0.25, 0.3) is 0 Å². The Labute approximate surface area is 88.2 Å². The number of ether oxygens (including phenoxy) is 2. The van der Waals surface area contributed by atoms with Crippen LogP contribution in [0.5, 0.6) is 11.5 Å².